The van der Waals surface area contributed by atoms with Crippen LogP contribution in [0.25, 0.3) is 6.08 Å². The molecule has 0 saturated heterocycles. The first kappa shape index (κ1) is 29.4. The minimum atomic E-state index is -0.542. The SMILES string of the molecule is COc1cc(/C=C(\NC(=O)c2ccccc2)C(=O)Nc2cccc(SCC(=O)c3cccs3)c2)cc(OC)c1OC. The lowest BCUT2D eigenvalue weighted by Gasteiger charge is -2.15. The molecular formula is C31H28N2O6S2. The van der Waals surface area contributed by atoms with Crippen LogP contribution in [-0.4, -0.2) is 44.7 Å². The molecule has 0 bridgehead atoms. The van der Waals surface area contributed by atoms with Gasteiger partial charge in [0.2, 0.25) is 5.75 Å². The Morgan fingerprint density at radius 3 is 2.22 bits per heavy atom. The van der Waals surface area contributed by atoms with Crippen LogP contribution in [0, 0.1) is 0 Å². The second kappa shape index (κ2) is 14.2. The molecule has 0 aliphatic rings. The molecule has 0 aliphatic carbocycles. The fourth-order valence-electron chi connectivity index (χ4n) is 3.81. The zero-order valence-corrected chi connectivity index (χ0v) is 24.3. The molecule has 8 nitrogen and oxygen atoms in total. The summed E-state index contributed by atoms with van der Waals surface area (Å²) in [6.07, 6.45) is 1.53. The third-order valence-corrected chi connectivity index (χ3v) is 7.69. The number of methoxy groups -OCH3 is 3. The molecule has 2 N–H and O–H groups in total. The molecule has 0 saturated carbocycles. The summed E-state index contributed by atoms with van der Waals surface area (Å²) >= 11 is 2.79. The standard InChI is InChI=1S/C31H28N2O6S2/c1-37-26-16-20(17-27(38-2)29(26)39-3)15-24(33-30(35)21-9-5-4-6-10-21)31(36)32-22-11-7-12-23(18-22)41-19-25(34)28-13-8-14-40-28/h4-18H,19H2,1-3H3,(H,32,36)(H,33,35)/b24-15-. The molecule has 0 atom stereocenters. The smallest absolute Gasteiger partial charge is 0.272 e. The molecule has 0 aliphatic heterocycles. The Balaban J connectivity index is 1.59. The van der Waals surface area contributed by atoms with Gasteiger partial charge in [0.15, 0.2) is 17.3 Å². The second-order valence-corrected chi connectivity index (χ2v) is 10.5. The molecule has 4 aromatic rings. The molecule has 1 heterocycles. The predicted octanol–water partition coefficient (Wildman–Crippen LogP) is 6.16. The Kier molecular flexibility index (Phi) is 10.2. The van der Waals surface area contributed by atoms with Crippen molar-refractivity contribution in [1.82, 2.24) is 5.32 Å². The zero-order valence-electron chi connectivity index (χ0n) is 22.6. The van der Waals surface area contributed by atoms with Crippen LogP contribution >= 0.6 is 23.1 Å². The first-order valence-corrected chi connectivity index (χ1v) is 14.3. The van der Waals surface area contributed by atoms with Crippen LogP contribution in [0.2, 0.25) is 0 Å². The largest absolute Gasteiger partial charge is 0.493 e. The van der Waals surface area contributed by atoms with Crippen LogP contribution in [-0.2, 0) is 4.79 Å². The number of Topliss-reactive ketones (excluding diaryl/α,β-unsaturated/α-hetero) is 1. The maximum atomic E-state index is 13.5. The maximum Gasteiger partial charge on any atom is 0.272 e. The number of hydrogen-bond donors (Lipinski definition) is 2. The first-order valence-electron chi connectivity index (χ1n) is 12.4. The number of amides is 2. The number of rotatable bonds is 12. The highest BCUT2D eigenvalue weighted by molar-refractivity contribution is 8.00. The van der Waals surface area contributed by atoms with Crippen molar-refractivity contribution in [3.05, 3.63) is 106 Å². The van der Waals surface area contributed by atoms with E-state index >= 15 is 0 Å². The lowest BCUT2D eigenvalue weighted by molar-refractivity contribution is -0.113. The summed E-state index contributed by atoms with van der Waals surface area (Å²) < 4.78 is 16.3. The van der Waals surface area contributed by atoms with Gasteiger partial charge >= 0.3 is 0 Å². The van der Waals surface area contributed by atoms with E-state index in [0.717, 1.165) is 4.90 Å². The number of carbonyl (C=O) groups is 3. The number of ketones is 1. The Labute approximate surface area is 246 Å². The van der Waals surface area contributed by atoms with E-state index in [2.05, 4.69) is 10.6 Å². The molecule has 0 fully saturated rings. The predicted molar refractivity (Wildman–Crippen MR) is 162 cm³/mol. The molecule has 41 heavy (non-hydrogen) atoms. The van der Waals surface area contributed by atoms with E-state index in [1.54, 1.807) is 66.7 Å². The minimum absolute atomic E-state index is 0.000875. The van der Waals surface area contributed by atoms with E-state index in [1.165, 1.54) is 50.5 Å². The van der Waals surface area contributed by atoms with Gasteiger partial charge in [-0.1, -0.05) is 30.3 Å². The lowest BCUT2D eigenvalue weighted by Crippen LogP contribution is -2.30. The number of benzene rings is 3. The highest BCUT2D eigenvalue weighted by Crippen LogP contribution is 2.38. The van der Waals surface area contributed by atoms with Crippen molar-refractivity contribution < 1.29 is 28.6 Å². The first-order chi connectivity index (χ1) is 19.9. The molecule has 10 heteroatoms. The van der Waals surface area contributed by atoms with Gasteiger partial charge in [0.05, 0.1) is 32.0 Å². The molecule has 0 spiro atoms. The van der Waals surface area contributed by atoms with Crippen molar-refractivity contribution >= 4 is 52.5 Å². The van der Waals surface area contributed by atoms with E-state index in [0.29, 0.717) is 38.9 Å². The normalized spacial score (nSPS) is 11.0. The van der Waals surface area contributed by atoms with Gasteiger partial charge < -0.3 is 24.8 Å². The third kappa shape index (κ3) is 7.77. The summed E-state index contributed by atoms with van der Waals surface area (Å²) in [6, 6.07) is 22.8. The molecule has 4 rings (SSSR count). The van der Waals surface area contributed by atoms with E-state index in [4.69, 9.17) is 14.2 Å². The number of carbonyl (C=O) groups excluding carboxylic acids is 3. The monoisotopic (exact) mass is 588 g/mol. The average Bonchev–Trinajstić information content (AvgIpc) is 3.55. The topological polar surface area (TPSA) is 103 Å². The van der Waals surface area contributed by atoms with Crippen LogP contribution in [0.4, 0.5) is 5.69 Å². The van der Waals surface area contributed by atoms with Gasteiger partial charge in [0.1, 0.15) is 5.70 Å². The van der Waals surface area contributed by atoms with Crippen molar-refractivity contribution in [2.24, 2.45) is 0 Å². The van der Waals surface area contributed by atoms with Crippen LogP contribution < -0.4 is 24.8 Å². The number of thiophene rings is 1. The zero-order chi connectivity index (χ0) is 29.2. The van der Waals surface area contributed by atoms with Crippen molar-refractivity contribution in [3.63, 3.8) is 0 Å². The summed E-state index contributed by atoms with van der Waals surface area (Å²) in [7, 11) is 4.49. The Morgan fingerprint density at radius 2 is 1.59 bits per heavy atom. The summed E-state index contributed by atoms with van der Waals surface area (Å²) in [5, 5.41) is 7.44. The van der Waals surface area contributed by atoms with E-state index in [9.17, 15) is 14.4 Å². The fraction of sp³-hybridized carbons (Fsp3) is 0.129. The van der Waals surface area contributed by atoms with Crippen molar-refractivity contribution in [1.29, 1.82) is 0 Å². The number of nitrogens with one attached hydrogen (secondary N) is 2. The molecule has 0 unspecified atom stereocenters. The number of hydrogen-bond acceptors (Lipinski definition) is 8. The lowest BCUT2D eigenvalue weighted by atomic mass is 10.1. The number of anilines is 1. The molecule has 0 radical (unpaired) electrons. The number of thioether (sulfide) groups is 1. The Morgan fingerprint density at radius 1 is 0.854 bits per heavy atom. The number of ether oxygens (including phenoxy) is 3. The Hall–Kier alpha value is -4.54. The molecule has 1 aromatic heterocycles. The van der Waals surface area contributed by atoms with Gasteiger partial charge in [-0.05, 0) is 65.6 Å². The molecule has 210 valence electrons. The van der Waals surface area contributed by atoms with Gasteiger partial charge in [-0.25, -0.2) is 0 Å². The summed E-state index contributed by atoms with van der Waals surface area (Å²) in [5.41, 5.74) is 1.44. The van der Waals surface area contributed by atoms with E-state index in [-0.39, 0.29) is 17.2 Å². The highest BCUT2D eigenvalue weighted by atomic mass is 32.2. The highest BCUT2D eigenvalue weighted by Gasteiger charge is 2.18. The minimum Gasteiger partial charge on any atom is -0.493 e. The van der Waals surface area contributed by atoms with E-state index in [1.807, 2.05) is 17.5 Å². The maximum absolute atomic E-state index is 13.5. The van der Waals surface area contributed by atoms with Gasteiger partial charge in [-0.2, -0.15) is 0 Å². The van der Waals surface area contributed by atoms with Gasteiger partial charge in [0, 0.05) is 16.1 Å². The van der Waals surface area contributed by atoms with Crippen molar-refractivity contribution in [2.45, 2.75) is 4.90 Å². The molecular weight excluding hydrogens is 560 g/mol. The Bertz CT molecular complexity index is 1530. The van der Waals surface area contributed by atoms with Crippen LogP contribution in [0.3, 0.4) is 0 Å². The van der Waals surface area contributed by atoms with Gasteiger partial charge in [-0.3, -0.25) is 14.4 Å². The van der Waals surface area contributed by atoms with Gasteiger partial charge in [0.25, 0.3) is 11.8 Å². The van der Waals surface area contributed by atoms with E-state index < -0.39 is 11.8 Å². The quantitative estimate of drug-likeness (QED) is 0.116. The summed E-state index contributed by atoms with van der Waals surface area (Å²) in [4.78, 5) is 40.4. The summed E-state index contributed by atoms with van der Waals surface area (Å²) in [5.74, 6) is 0.521. The van der Waals surface area contributed by atoms with Gasteiger partial charge in [-0.15, -0.1) is 23.1 Å². The van der Waals surface area contributed by atoms with Crippen molar-refractivity contribution in [3.8, 4) is 17.2 Å². The van der Waals surface area contributed by atoms with Crippen LogP contribution in [0.5, 0.6) is 17.2 Å². The molecule has 3 aromatic carbocycles. The fourth-order valence-corrected chi connectivity index (χ4v) is 5.41. The average molecular weight is 589 g/mol. The summed E-state index contributed by atoms with van der Waals surface area (Å²) in [6.45, 7) is 0. The van der Waals surface area contributed by atoms with Crippen LogP contribution in [0.15, 0.2) is 94.8 Å². The third-order valence-electron chi connectivity index (χ3n) is 5.78. The van der Waals surface area contributed by atoms with Crippen LogP contribution in [0.1, 0.15) is 25.6 Å². The second-order valence-electron chi connectivity index (χ2n) is 8.51. The molecule has 2 amide bonds. The van der Waals surface area contributed by atoms with Crippen molar-refractivity contribution in [2.75, 3.05) is 32.4 Å².